The number of amides is 1. The Morgan fingerprint density at radius 1 is 1.04 bits per heavy atom. The van der Waals surface area contributed by atoms with Crippen molar-refractivity contribution in [3.63, 3.8) is 0 Å². The lowest BCUT2D eigenvalue weighted by Crippen LogP contribution is -2.49. The Kier molecular flexibility index (Phi) is 6.01. The second kappa shape index (κ2) is 8.44. The molecule has 0 spiro atoms. The zero-order valence-corrected chi connectivity index (χ0v) is 16.4. The summed E-state index contributed by atoms with van der Waals surface area (Å²) in [5.74, 6) is 0.353. The van der Waals surface area contributed by atoms with Crippen LogP contribution in [0.4, 0.5) is 5.69 Å². The Morgan fingerprint density at radius 2 is 1.70 bits per heavy atom. The summed E-state index contributed by atoms with van der Waals surface area (Å²) in [6.45, 7) is 10.1. The zero-order valence-electron chi connectivity index (χ0n) is 16.4. The third kappa shape index (κ3) is 5.01. The summed E-state index contributed by atoms with van der Waals surface area (Å²) in [7, 11) is 0. The molecule has 2 aromatic rings. The van der Waals surface area contributed by atoms with Crippen LogP contribution in [0.1, 0.15) is 29.7 Å². The molecule has 3 rings (SSSR count). The Hall–Kier alpha value is -2.53. The highest BCUT2D eigenvalue weighted by molar-refractivity contribution is 5.78. The van der Waals surface area contributed by atoms with Gasteiger partial charge in [0.15, 0.2) is 0 Å². The molecule has 1 saturated heterocycles. The number of carbonyl (C=O) groups is 1. The average Bonchev–Trinajstić information content (AvgIpc) is 2.65. The van der Waals surface area contributed by atoms with E-state index >= 15 is 0 Å². The number of phenols is 1. The van der Waals surface area contributed by atoms with Gasteiger partial charge in [0.2, 0.25) is 5.91 Å². The lowest BCUT2D eigenvalue weighted by molar-refractivity contribution is -0.123. The summed E-state index contributed by atoms with van der Waals surface area (Å²) in [4.78, 5) is 16.9. The van der Waals surface area contributed by atoms with Crippen molar-refractivity contribution in [3.05, 3.63) is 59.2 Å². The highest BCUT2D eigenvalue weighted by atomic mass is 16.3. The van der Waals surface area contributed by atoms with Gasteiger partial charge in [0, 0.05) is 31.9 Å². The minimum Gasteiger partial charge on any atom is -0.508 e. The molecule has 2 N–H and O–H groups in total. The van der Waals surface area contributed by atoms with Gasteiger partial charge >= 0.3 is 0 Å². The number of benzene rings is 2. The number of hydrogen-bond acceptors (Lipinski definition) is 4. The number of rotatable bonds is 5. The van der Waals surface area contributed by atoms with Crippen molar-refractivity contribution in [1.82, 2.24) is 10.2 Å². The molecule has 1 aliphatic rings. The van der Waals surface area contributed by atoms with Gasteiger partial charge in [-0.15, -0.1) is 0 Å². The lowest BCUT2D eigenvalue weighted by atomic mass is 10.0. The van der Waals surface area contributed by atoms with Crippen molar-refractivity contribution < 1.29 is 9.90 Å². The van der Waals surface area contributed by atoms with E-state index in [0.29, 0.717) is 6.54 Å². The van der Waals surface area contributed by atoms with Crippen LogP contribution in [0.3, 0.4) is 0 Å². The predicted molar refractivity (Wildman–Crippen MR) is 109 cm³/mol. The number of nitrogens with one attached hydrogen (secondary N) is 1. The monoisotopic (exact) mass is 367 g/mol. The quantitative estimate of drug-likeness (QED) is 0.853. The van der Waals surface area contributed by atoms with Gasteiger partial charge in [-0.3, -0.25) is 9.69 Å². The molecular weight excluding hydrogens is 338 g/mol. The van der Waals surface area contributed by atoms with Crippen LogP contribution in [0.15, 0.2) is 42.5 Å². The maximum Gasteiger partial charge on any atom is 0.234 e. The van der Waals surface area contributed by atoms with Gasteiger partial charge in [-0.05, 0) is 61.7 Å². The third-order valence-electron chi connectivity index (χ3n) is 5.36. The number of piperazine rings is 1. The molecular formula is C22H29N3O2. The Bertz CT molecular complexity index is 781. The molecule has 2 aromatic carbocycles. The molecule has 0 radical (unpaired) electrons. The van der Waals surface area contributed by atoms with E-state index in [2.05, 4.69) is 47.2 Å². The molecule has 1 unspecified atom stereocenters. The molecule has 5 nitrogen and oxygen atoms in total. The SMILES string of the molecule is Cc1ccc(C(C)NC(=O)CN2CCN(c3ccc(O)cc3)CC2)cc1C. The largest absolute Gasteiger partial charge is 0.508 e. The second-order valence-corrected chi connectivity index (χ2v) is 7.41. The first kappa shape index (κ1) is 19.2. The molecule has 0 bridgehead atoms. The van der Waals surface area contributed by atoms with E-state index in [-0.39, 0.29) is 17.7 Å². The molecule has 1 heterocycles. The van der Waals surface area contributed by atoms with Crippen molar-refractivity contribution in [2.24, 2.45) is 0 Å². The van der Waals surface area contributed by atoms with E-state index < -0.39 is 0 Å². The maximum absolute atomic E-state index is 12.4. The fourth-order valence-electron chi connectivity index (χ4n) is 3.44. The summed E-state index contributed by atoms with van der Waals surface area (Å²) in [6.07, 6.45) is 0. The zero-order chi connectivity index (χ0) is 19.4. The Labute approximate surface area is 161 Å². The normalized spacial score (nSPS) is 16.2. The van der Waals surface area contributed by atoms with E-state index in [1.165, 1.54) is 11.1 Å². The van der Waals surface area contributed by atoms with E-state index in [1.807, 2.05) is 19.1 Å². The average molecular weight is 367 g/mol. The van der Waals surface area contributed by atoms with Gasteiger partial charge in [0.25, 0.3) is 0 Å². The molecule has 1 amide bonds. The molecule has 1 atom stereocenters. The summed E-state index contributed by atoms with van der Waals surface area (Å²) >= 11 is 0. The topological polar surface area (TPSA) is 55.8 Å². The Balaban J connectivity index is 1.47. The molecule has 1 aliphatic heterocycles. The molecule has 1 fully saturated rings. The van der Waals surface area contributed by atoms with E-state index in [1.54, 1.807) is 12.1 Å². The van der Waals surface area contributed by atoms with Crippen LogP contribution in [0, 0.1) is 13.8 Å². The van der Waals surface area contributed by atoms with E-state index in [4.69, 9.17) is 0 Å². The molecule has 27 heavy (non-hydrogen) atoms. The standard InChI is InChI=1S/C22H29N3O2/c1-16-4-5-19(14-17(16)2)18(3)23-22(27)15-24-10-12-25(13-11-24)20-6-8-21(26)9-7-20/h4-9,14,18,26H,10-13,15H2,1-3H3,(H,23,27). The summed E-state index contributed by atoms with van der Waals surface area (Å²) in [5.41, 5.74) is 4.77. The van der Waals surface area contributed by atoms with Gasteiger partial charge in [-0.25, -0.2) is 0 Å². The minimum atomic E-state index is 0.00934. The Morgan fingerprint density at radius 3 is 2.33 bits per heavy atom. The van der Waals surface area contributed by atoms with Gasteiger partial charge in [0.1, 0.15) is 5.75 Å². The van der Waals surface area contributed by atoms with Crippen molar-refractivity contribution in [2.75, 3.05) is 37.6 Å². The molecule has 5 heteroatoms. The van der Waals surface area contributed by atoms with Crippen LogP contribution < -0.4 is 10.2 Å². The molecule has 144 valence electrons. The number of aromatic hydroxyl groups is 1. The van der Waals surface area contributed by atoms with Crippen LogP contribution in [-0.2, 0) is 4.79 Å². The number of carbonyl (C=O) groups excluding carboxylic acids is 1. The number of anilines is 1. The smallest absolute Gasteiger partial charge is 0.234 e. The fraction of sp³-hybridized carbons (Fsp3) is 0.409. The number of aryl methyl sites for hydroxylation is 2. The molecule has 0 aromatic heterocycles. The minimum absolute atomic E-state index is 0.00934. The molecule has 0 saturated carbocycles. The highest BCUT2D eigenvalue weighted by Crippen LogP contribution is 2.20. The van der Waals surface area contributed by atoms with Gasteiger partial charge in [-0.1, -0.05) is 18.2 Å². The summed E-state index contributed by atoms with van der Waals surface area (Å²) in [5, 5.41) is 12.5. The second-order valence-electron chi connectivity index (χ2n) is 7.41. The van der Waals surface area contributed by atoms with Crippen LogP contribution in [-0.4, -0.2) is 48.6 Å². The first-order valence-corrected chi connectivity index (χ1v) is 9.55. The lowest BCUT2D eigenvalue weighted by Gasteiger charge is -2.35. The van der Waals surface area contributed by atoms with E-state index in [9.17, 15) is 9.90 Å². The van der Waals surface area contributed by atoms with Crippen molar-refractivity contribution >= 4 is 11.6 Å². The fourth-order valence-corrected chi connectivity index (χ4v) is 3.44. The van der Waals surface area contributed by atoms with Crippen molar-refractivity contribution in [1.29, 1.82) is 0 Å². The van der Waals surface area contributed by atoms with Crippen LogP contribution in [0.5, 0.6) is 5.75 Å². The summed E-state index contributed by atoms with van der Waals surface area (Å²) in [6, 6.07) is 13.6. The van der Waals surface area contributed by atoms with Gasteiger partial charge in [0.05, 0.1) is 12.6 Å². The van der Waals surface area contributed by atoms with Gasteiger partial charge < -0.3 is 15.3 Å². The molecule has 0 aliphatic carbocycles. The maximum atomic E-state index is 12.4. The first-order chi connectivity index (χ1) is 12.9. The summed E-state index contributed by atoms with van der Waals surface area (Å²) < 4.78 is 0. The first-order valence-electron chi connectivity index (χ1n) is 9.55. The number of phenolic OH excluding ortho intramolecular Hbond substituents is 1. The number of hydrogen-bond donors (Lipinski definition) is 2. The van der Waals surface area contributed by atoms with Crippen molar-refractivity contribution in [3.8, 4) is 5.75 Å². The highest BCUT2D eigenvalue weighted by Gasteiger charge is 2.20. The van der Waals surface area contributed by atoms with Gasteiger partial charge in [-0.2, -0.15) is 0 Å². The van der Waals surface area contributed by atoms with E-state index in [0.717, 1.165) is 37.4 Å². The third-order valence-corrected chi connectivity index (χ3v) is 5.36. The number of nitrogens with zero attached hydrogens (tertiary/aromatic N) is 2. The van der Waals surface area contributed by atoms with Crippen LogP contribution in [0.2, 0.25) is 0 Å². The predicted octanol–water partition coefficient (Wildman–Crippen LogP) is 3.01. The van der Waals surface area contributed by atoms with Crippen LogP contribution >= 0.6 is 0 Å². The van der Waals surface area contributed by atoms with Crippen LogP contribution in [0.25, 0.3) is 0 Å². The van der Waals surface area contributed by atoms with Crippen molar-refractivity contribution in [2.45, 2.75) is 26.8 Å².